The van der Waals surface area contributed by atoms with Crippen molar-refractivity contribution in [3.63, 3.8) is 0 Å². The van der Waals surface area contributed by atoms with Crippen molar-refractivity contribution in [1.29, 1.82) is 0 Å². The number of rotatable bonds is 5. The first-order valence-corrected chi connectivity index (χ1v) is 11.4. The summed E-state index contributed by atoms with van der Waals surface area (Å²) in [4.78, 5) is 17.0. The van der Waals surface area contributed by atoms with Crippen LogP contribution in [0.2, 0.25) is 5.02 Å². The molecule has 1 aromatic heterocycles. The first-order valence-electron chi connectivity index (χ1n) is 8.36. The van der Waals surface area contributed by atoms with E-state index in [9.17, 15) is 26.4 Å². The van der Waals surface area contributed by atoms with Crippen LogP contribution in [0.1, 0.15) is 26.4 Å². The highest BCUT2D eigenvalue weighted by atomic mass is 35.5. The van der Waals surface area contributed by atoms with Crippen molar-refractivity contribution in [2.24, 2.45) is 0 Å². The zero-order valence-corrected chi connectivity index (χ0v) is 17.7. The van der Waals surface area contributed by atoms with Crippen LogP contribution in [0.25, 0.3) is 0 Å². The second-order valence-corrected chi connectivity index (χ2v) is 9.84. The topological polar surface area (TPSA) is 76.1 Å². The maximum Gasteiger partial charge on any atom is 0.416 e. The molecule has 0 bridgehead atoms. The Morgan fingerprint density at radius 2 is 1.90 bits per heavy atom. The third-order valence-electron chi connectivity index (χ3n) is 4.04. The fourth-order valence-electron chi connectivity index (χ4n) is 2.66. The smallest absolute Gasteiger partial charge is 0.298 e. The summed E-state index contributed by atoms with van der Waals surface area (Å²) in [6.45, 7) is 0. The van der Waals surface area contributed by atoms with Gasteiger partial charge in [-0.05, 0) is 35.9 Å². The summed E-state index contributed by atoms with van der Waals surface area (Å²) in [5, 5.41) is 2.88. The van der Waals surface area contributed by atoms with Crippen molar-refractivity contribution >= 4 is 43.8 Å². The monoisotopic (exact) mass is 474 g/mol. The first-order chi connectivity index (χ1) is 13.9. The number of thiazole rings is 1. The molecule has 5 nitrogen and oxygen atoms in total. The van der Waals surface area contributed by atoms with E-state index in [0.29, 0.717) is 4.88 Å². The molecule has 0 aliphatic carbocycles. The van der Waals surface area contributed by atoms with Crippen LogP contribution in [0.15, 0.2) is 53.6 Å². The van der Waals surface area contributed by atoms with Gasteiger partial charge in [-0.1, -0.05) is 23.7 Å². The molecule has 0 atom stereocenters. The highest BCUT2D eigenvalue weighted by Gasteiger charge is 2.31. The predicted octanol–water partition coefficient (Wildman–Crippen LogP) is 5.06. The molecule has 1 N–H and O–H groups in total. The number of benzene rings is 2. The molecule has 0 aliphatic heterocycles. The Hall–Kier alpha value is -2.43. The van der Waals surface area contributed by atoms with E-state index in [4.69, 9.17) is 11.6 Å². The van der Waals surface area contributed by atoms with Crippen LogP contribution < -0.4 is 5.32 Å². The quantitative estimate of drug-likeness (QED) is 0.560. The van der Waals surface area contributed by atoms with Gasteiger partial charge in [0.05, 0.1) is 16.0 Å². The molecule has 1 heterocycles. The Kier molecular flexibility index (Phi) is 6.21. The van der Waals surface area contributed by atoms with Gasteiger partial charge in [-0.3, -0.25) is 10.1 Å². The lowest BCUT2D eigenvalue weighted by atomic mass is 10.1. The van der Waals surface area contributed by atoms with Gasteiger partial charge in [0.25, 0.3) is 5.91 Å². The molecule has 2 aromatic carbocycles. The number of alkyl halides is 3. The van der Waals surface area contributed by atoms with Crippen LogP contribution in [0.3, 0.4) is 0 Å². The highest BCUT2D eigenvalue weighted by molar-refractivity contribution is 7.90. The molecule has 0 saturated heterocycles. The molecule has 0 fully saturated rings. The molecule has 158 valence electrons. The molecule has 11 heteroatoms. The molecule has 0 saturated carbocycles. The summed E-state index contributed by atoms with van der Waals surface area (Å²) in [6, 6.07) is 8.81. The van der Waals surface area contributed by atoms with E-state index in [-0.39, 0.29) is 32.6 Å². The minimum atomic E-state index is -4.49. The fourth-order valence-corrected chi connectivity index (χ4v) is 4.56. The van der Waals surface area contributed by atoms with Gasteiger partial charge in [0, 0.05) is 28.8 Å². The molecule has 0 spiro atoms. The van der Waals surface area contributed by atoms with Crippen molar-refractivity contribution in [3.05, 3.63) is 75.3 Å². The Morgan fingerprint density at radius 3 is 2.57 bits per heavy atom. The van der Waals surface area contributed by atoms with Gasteiger partial charge >= 0.3 is 6.18 Å². The number of carbonyl (C=O) groups is 1. The number of carbonyl (C=O) groups excluding carboxylic acids is 1. The zero-order chi connectivity index (χ0) is 22.1. The lowest BCUT2D eigenvalue weighted by molar-refractivity contribution is -0.137. The normalized spacial score (nSPS) is 12.0. The summed E-state index contributed by atoms with van der Waals surface area (Å²) in [5.74, 6) is -0.658. The Morgan fingerprint density at radius 1 is 1.20 bits per heavy atom. The molecular weight excluding hydrogens is 461 g/mol. The highest BCUT2D eigenvalue weighted by Crippen LogP contribution is 2.33. The summed E-state index contributed by atoms with van der Waals surface area (Å²) in [6.07, 6.45) is -1.98. The van der Waals surface area contributed by atoms with E-state index in [1.54, 1.807) is 0 Å². The van der Waals surface area contributed by atoms with Gasteiger partial charge in [-0.2, -0.15) is 13.2 Å². The van der Waals surface area contributed by atoms with E-state index < -0.39 is 27.5 Å². The van der Waals surface area contributed by atoms with Crippen LogP contribution in [0.4, 0.5) is 18.3 Å². The van der Waals surface area contributed by atoms with Crippen molar-refractivity contribution in [3.8, 4) is 0 Å². The minimum absolute atomic E-state index is 0.0299. The average molecular weight is 475 g/mol. The molecule has 30 heavy (non-hydrogen) atoms. The van der Waals surface area contributed by atoms with E-state index in [0.717, 1.165) is 29.7 Å². The molecule has 3 rings (SSSR count). The van der Waals surface area contributed by atoms with Crippen LogP contribution in [0.5, 0.6) is 0 Å². The predicted molar refractivity (Wildman–Crippen MR) is 109 cm³/mol. The Bertz CT molecular complexity index is 1210. The summed E-state index contributed by atoms with van der Waals surface area (Å²) < 4.78 is 62.5. The van der Waals surface area contributed by atoms with Gasteiger partial charge < -0.3 is 0 Å². The maximum atomic E-state index is 12.9. The van der Waals surface area contributed by atoms with Gasteiger partial charge in [-0.15, -0.1) is 11.3 Å². The van der Waals surface area contributed by atoms with Crippen LogP contribution >= 0.6 is 22.9 Å². The van der Waals surface area contributed by atoms with Crippen molar-refractivity contribution in [2.75, 3.05) is 11.6 Å². The van der Waals surface area contributed by atoms with E-state index >= 15 is 0 Å². The largest absolute Gasteiger partial charge is 0.416 e. The number of hydrogen-bond donors (Lipinski definition) is 1. The summed E-state index contributed by atoms with van der Waals surface area (Å²) in [7, 11) is -3.61. The molecule has 3 aromatic rings. The van der Waals surface area contributed by atoms with Gasteiger partial charge in [-0.25, -0.2) is 13.4 Å². The number of amides is 1. The standard InChI is InChI=1S/C19H14ClF3N2O3S2/c1-30(27,28)16-5-3-2-4-14(16)17(26)25-18-24-10-13(29-18)9-11-8-12(19(21,22)23)6-7-15(11)20/h2-8,10H,9H2,1H3,(H,24,25,26). The van der Waals surface area contributed by atoms with Crippen molar-refractivity contribution in [2.45, 2.75) is 17.5 Å². The van der Waals surface area contributed by atoms with E-state index in [1.165, 1.54) is 36.5 Å². The number of sulfone groups is 1. The number of hydrogen-bond acceptors (Lipinski definition) is 5. The van der Waals surface area contributed by atoms with Crippen LogP contribution in [0, 0.1) is 0 Å². The maximum absolute atomic E-state index is 12.9. The lowest BCUT2D eigenvalue weighted by Crippen LogP contribution is -2.15. The van der Waals surface area contributed by atoms with Crippen molar-refractivity contribution in [1.82, 2.24) is 4.98 Å². The first kappa shape index (κ1) is 22.3. The number of halogens is 4. The number of anilines is 1. The van der Waals surface area contributed by atoms with E-state index in [1.807, 2.05) is 0 Å². The number of nitrogens with one attached hydrogen (secondary N) is 1. The number of nitrogens with zero attached hydrogens (tertiary/aromatic N) is 1. The zero-order valence-electron chi connectivity index (χ0n) is 15.3. The van der Waals surface area contributed by atoms with Crippen LogP contribution in [-0.4, -0.2) is 25.6 Å². The fraction of sp³-hybridized carbons (Fsp3) is 0.158. The molecule has 0 radical (unpaired) electrons. The van der Waals surface area contributed by atoms with Crippen LogP contribution in [-0.2, 0) is 22.4 Å². The van der Waals surface area contributed by atoms with E-state index in [2.05, 4.69) is 10.3 Å². The summed E-state index contributed by atoms with van der Waals surface area (Å²) in [5.41, 5.74) is -0.564. The Balaban J connectivity index is 1.80. The molecule has 0 unspecified atom stereocenters. The average Bonchev–Trinajstić information content (AvgIpc) is 3.08. The molecule has 0 aliphatic rings. The number of aromatic nitrogens is 1. The van der Waals surface area contributed by atoms with Gasteiger partial charge in [0.15, 0.2) is 15.0 Å². The molecule has 1 amide bonds. The second kappa shape index (κ2) is 8.37. The summed E-state index contributed by atoms with van der Waals surface area (Å²) >= 11 is 7.07. The lowest BCUT2D eigenvalue weighted by Gasteiger charge is -2.09. The van der Waals surface area contributed by atoms with Crippen molar-refractivity contribution < 1.29 is 26.4 Å². The third kappa shape index (κ3) is 5.18. The third-order valence-corrected chi connectivity index (χ3v) is 6.48. The minimum Gasteiger partial charge on any atom is -0.298 e. The SMILES string of the molecule is CS(=O)(=O)c1ccccc1C(=O)Nc1ncc(Cc2cc(C(F)(F)F)ccc2Cl)s1. The van der Waals surface area contributed by atoms with Gasteiger partial charge in [0.2, 0.25) is 0 Å². The van der Waals surface area contributed by atoms with Gasteiger partial charge in [0.1, 0.15) is 0 Å². The molecular formula is C19H14ClF3N2O3S2. The second-order valence-electron chi connectivity index (χ2n) is 6.33. The Labute approximate surface area is 179 Å².